The summed E-state index contributed by atoms with van der Waals surface area (Å²) in [7, 11) is 0. The first kappa shape index (κ1) is 15.3. The van der Waals surface area contributed by atoms with E-state index < -0.39 is 12.0 Å². The van der Waals surface area contributed by atoms with Crippen molar-refractivity contribution >= 4 is 17.9 Å². The van der Waals surface area contributed by atoms with Gasteiger partial charge in [-0.05, 0) is 13.3 Å². The molecule has 1 rings (SSSR count). The lowest BCUT2D eigenvalue weighted by Crippen LogP contribution is -2.59. The molecule has 0 aromatic rings. The number of carboxylic acid groups (broad SMARTS) is 1. The number of piperazine rings is 1. The summed E-state index contributed by atoms with van der Waals surface area (Å²) < 4.78 is 0. The lowest BCUT2D eigenvalue weighted by atomic mass is 10.1. The van der Waals surface area contributed by atoms with Gasteiger partial charge in [-0.2, -0.15) is 0 Å². The summed E-state index contributed by atoms with van der Waals surface area (Å²) in [5.41, 5.74) is 0. The van der Waals surface area contributed by atoms with Crippen LogP contribution in [0.4, 0.5) is 4.79 Å². The third-order valence-corrected chi connectivity index (χ3v) is 3.21. The van der Waals surface area contributed by atoms with Gasteiger partial charge in [0.25, 0.3) is 0 Å². The van der Waals surface area contributed by atoms with Crippen LogP contribution in [0.2, 0.25) is 0 Å². The molecule has 0 saturated carbocycles. The Morgan fingerprint density at radius 3 is 2.68 bits per heavy atom. The van der Waals surface area contributed by atoms with Gasteiger partial charge in [0.05, 0.1) is 6.42 Å². The molecular weight excluding hydrogens is 250 g/mol. The molecule has 7 heteroatoms. The fraction of sp³-hybridized carbons (Fsp3) is 0.750. The summed E-state index contributed by atoms with van der Waals surface area (Å²) >= 11 is 0. The largest absolute Gasteiger partial charge is 0.481 e. The Morgan fingerprint density at radius 1 is 1.47 bits per heavy atom. The van der Waals surface area contributed by atoms with Crippen molar-refractivity contribution in [3.63, 3.8) is 0 Å². The molecule has 0 aromatic heterocycles. The Bertz CT molecular complexity index is 359. The van der Waals surface area contributed by atoms with Crippen LogP contribution in [0.5, 0.6) is 0 Å². The number of hydrogen-bond donors (Lipinski definition) is 2. The third-order valence-electron chi connectivity index (χ3n) is 3.21. The number of carbonyl (C=O) groups excluding carboxylic acids is 2. The second-order valence-corrected chi connectivity index (χ2v) is 4.41. The van der Waals surface area contributed by atoms with Gasteiger partial charge in [0.2, 0.25) is 5.91 Å². The van der Waals surface area contributed by atoms with Gasteiger partial charge in [0.1, 0.15) is 6.04 Å². The van der Waals surface area contributed by atoms with E-state index in [1.165, 1.54) is 9.80 Å². The molecule has 1 heterocycles. The lowest BCUT2D eigenvalue weighted by molar-refractivity contribution is -0.137. The molecule has 0 spiro atoms. The van der Waals surface area contributed by atoms with E-state index in [2.05, 4.69) is 5.32 Å². The highest BCUT2D eigenvalue weighted by Crippen LogP contribution is 2.12. The van der Waals surface area contributed by atoms with Crippen LogP contribution in [-0.2, 0) is 9.59 Å². The molecule has 19 heavy (non-hydrogen) atoms. The van der Waals surface area contributed by atoms with Gasteiger partial charge in [-0.25, -0.2) is 4.79 Å². The zero-order valence-corrected chi connectivity index (χ0v) is 11.4. The Hall–Kier alpha value is -1.79. The summed E-state index contributed by atoms with van der Waals surface area (Å²) in [6.45, 7) is 5.15. The molecule has 0 aromatic carbocycles. The summed E-state index contributed by atoms with van der Waals surface area (Å²) in [6, 6.07) is -0.717. The van der Waals surface area contributed by atoms with Crippen molar-refractivity contribution < 1.29 is 19.5 Å². The Morgan fingerprint density at radius 2 is 2.16 bits per heavy atom. The summed E-state index contributed by atoms with van der Waals surface area (Å²) in [4.78, 5) is 37.6. The standard InChI is InChI=1S/C12H21N3O4/c1-3-9-11(18)13-6-8-15(9)12(19)14(4-2)7-5-10(16)17/h9H,3-8H2,1-2H3,(H,13,18)(H,16,17). The number of carbonyl (C=O) groups is 3. The van der Waals surface area contributed by atoms with Gasteiger partial charge in [0, 0.05) is 26.2 Å². The maximum absolute atomic E-state index is 12.3. The minimum atomic E-state index is -0.935. The molecule has 1 saturated heterocycles. The zero-order chi connectivity index (χ0) is 14.4. The molecule has 7 nitrogen and oxygen atoms in total. The predicted octanol–water partition coefficient (Wildman–Crippen LogP) is 0.113. The fourth-order valence-corrected chi connectivity index (χ4v) is 2.15. The van der Waals surface area contributed by atoms with E-state index in [0.29, 0.717) is 26.1 Å². The van der Waals surface area contributed by atoms with Crippen LogP contribution < -0.4 is 5.32 Å². The van der Waals surface area contributed by atoms with Gasteiger partial charge >= 0.3 is 12.0 Å². The van der Waals surface area contributed by atoms with Crippen LogP contribution in [-0.4, -0.2) is 65.0 Å². The monoisotopic (exact) mass is 271 g/mol. The molecule has 1 fully saturated rings. The molecule has 1 aliphatic rings. The van der Waals surface area contributed by atoms with E-state index in [1.807, 2.05) is 6.92 Å². The van der Waals surface area contributed by atoms with Crippen LogP contribution in [0.25, 0.3) is 0 Å². The highest BCUT2D eigenvalue weighted by Gasteiger charge is 2.33. The van der Waals surface area contributed by atoms with Gasteiger partial charge in [-0.1, -0.05) is 6.92 Å². The van der Waals surface area contributed by atoms with E-state index in [1.54, 1.807) is 6.92 Å². The lowest BCUT2D eigenvalue weighted by Gasteiger charge is -2.37. The van der Waals surface area contributed by atoms with Crippen molar-refractivity contribution in [3.05, 3.63) is 0 Å². The van der Waals surface area contributed by atoms with Crippen LogP contribution >= 0.6 is 0 Å². The van der Waals surface area contributed by atoms with Gasteiger partial charge in [0.15, 0.2) is 0 Å². The van der Waals surface area contributed by atoms with Crippen molar-refractivity contribution in [2.75, 3.05) is 26.2 Å². The van der Waals surface area contributed by atoms with Gasteiger partial charge in [-0.3, -0.25) is 9.59 Å². The number of nitrogens with zero attached hydrogens (tertiary/aromatic N) is 2. The first-order chi connectivity index (χ1) is 9.01. The number of urea groups is 1. The second-order valence-electron chi connectivity index (χ2n) is 4.41. The Kier molecular flexibility index (Phi) is 5.59. The van der Waals surface area contributed by atoms with Crippen molar-refractivity contribution in [3.8, 4) is 0 Å². The molecule has 1 unspecified atom stereocenters. The van der Waals surface area contributed by atoms with E-state index in [9.17, 15) is 14.4 Å². The maximum Gasteiger partial charge on any atom is 0.320 e. The van der Waals surface area contributed by atoms with Gasteiger partial charge in [-0.15, -0.1) is 0 Å². The SMILES string of the molecule is CCC1C(=O)NCCN1C(=O)N(CC)CCC(=O)O. The molecule has 1 atom stereocenters. The molecular formula is C12H21N3O4. The minimum Gasteiger partial charge on any atom is -0.481 e. The first-order valence-corrected chi connectivity index (χ1v) is 6.56. The highest BCUT2D eigenvalue weighted by molar-refractivity contribution is 5.88. The molecule has 0 radical (unpaired) electrons. The summed E-state index contributed by atoms with van der Waals surface area (Å²) in [5, 5.41) is 11.4. The average Bonchev–Trinajstić information content (AvgIpc) is 2.38. The maximum atomic E-state index is 12.3. The molecule has 0 bridgehead atoms. The average molecular weight is 271 g/mol. The van der Waals surface area contributed by atoms with Crippen molar-refractivity contribution in [1.29, 1.82) is 0 Å². The van der Waals surface area contributed by atoms with Crippen LogP contribution in [0, 0.1) is 0 Å². The van der Waals surface area contributed by atoms with Gasteiger partial charge < -0.3 is 20.2 Å². The smallest absolute Gasteiger partial charge is 0.320 e. The quantitative estimate of drug-likeness (QED) is 0.743. The van der Waals surface area contributed by atoms with E-state index >= 15 is 0 Å². The minimum absolute atomic E-state index is 0.0869. The number of hydrogen-bond acceptors (Lipinski definition) is 3. The topological polar surface area (TPSA) is 90.0 Å². The number of amides is 3. The Balaban J connectivity index is 2.71. The van der Waals surface area contributed by atoms with E-state index in [-0.39, 0.29) is 24.9 Å². The van der Waals surface area contributed by atoms with Crippen LogP contribution in [0.3, 0.4) is 0 Å². The predicted molar refractivity (Wildman–Crippen MR) is 68.7 cm³/mol. The molecule has 3 amide bonds. The number of carboxylic acids is 1. The van der Waals surface area contributed by atoms with Crippen molar-refractivity contribution in [2.24, 2.45) is 0 Å². The number of rotatable bonds is 5. The van der Waals surface area contributed by atoms with E-state index in [0.717, 1.165) is 0 Å². The summed E-state index contributed by atoms with van der Waals surface area (Å²) in [5.74, 6) is -1.08. The van der Waals surface area contributed by atoms with Crippen LogP contribution in [0.15, 0.2) is 0 Å². The van der Waals surface area contributed by atoms with Crippen molar-refractivity contribution in [1.82, 2.24) is 15.1 Å². The highest BCUT2D eigenvalue weighted by atomic mass is 16.4. The second kappa shape index (κ2) is 6.96. The van der Waals surface area contributed by atoms with E-state index in [4.69, 9.17) is 5.11 Å². The summed E-state index contributed by atoms with van der Waals surface area (Å²) in [6.07, 6.45) is 0.463. The number of aliphatic carboxylic acids is 1. The third kappa shape index (κ3) is 3.84. The molecule has 0 aliphatic carbocycles. The first-order valence-electron chi connectivity index (χ1n) is 6.56. The zero-order valence-electron chi connectivity index (χ0n) is 11.4. The number of nitrogens with one attached hydrogen (secondary N) is 1. The van der Waals surface area contributed by atoms with Crippen LogP contribution in [0.1, 0.15) is 26.7 Å². The molecule has 1 aliphatic heterocycles. The molecule has 2 N–H and O–H groups in total. The van der Waals surface area contributed by atoms with Crippen molar-refractivity contribution in [2.45, 2.75) is 32.7 Å². The Labute approximate surface area is 112 Å². The molecule has 108 valence electrons. The fourth-order valence-electron chi connectivity index (χ4n) is 2.15. The normalized spacial score (nSPS) is 18.9.